The van der Waals surface area contributed by atoms with Crippen LogP contribution in [0.15, 0.2) is 18.2 Å². The van der Waals surface area contributed by atoms with Gasteiger partial charge in [-0.3, -0.25) is 14.5 Å². The zero-order valence-electron chi connectivity index (χ0n) is 12.2. The molecular weight excluding hydrogens is 268 g/mol. The molecule has 0 radical (unpaired) electrons. The van der Waals surface area contributed by atoms with Crippen molar-refractivity contribution < 1.29 is 14.3 Å². The lowest BCUT2D eigenvalue weighted by Crippen LogP contribution is -2.36. The lowest BCUT2D eigenvalue weighted by Gasteiger charge is -2.15. The number of Topliss-reactive ketones (excluding diaryl/α,β-unsaturated/α-hetero) is 1. The first kappa shape index (κ1) is 14.1. The molecule has 1 atom stereocenters. The Kier molecular flexibility index (Phi) is 3.92. The van der Waals surface area contributed by atoms with Crippen LogP contribution in [0.25, 0.3) is 0 Å². The summed E-state index contributed by atoms with van der Waals surface area (Å²) < 4.78 is 5.46. The summed E-state index contributed by atoms with van der Waals surface area (Å²) >= 11 is 0. The smallest absolute Gasteiger partial charge is 0.217 e. The van der Waals surface area contributed by atoms with E-state index < -0.39 is 0 Å². The monoisotopic (exact) mass is 288 g/mol. The summed E-state index contributed by atoms with van der Waals surface area (Å²) in [6.45, 7) is 4.25. The van der Waals surface area contributed by atoms with Crippen LogP contribution in [0.2, 0.25) is 0 Å². The molecule has 2 heterocycles. The van der Waals surface area contributed by atoms with Crippen LogP contribution in [0.4, 0.5) is 0 Å². The van der Waals surface area contributed by atoms with Crippen molar-refractivity contribution in [1.82, 2.24) is 10.2 Å². The minimum absolute atomic E-state index is 0.00759. The van der Waals surface area contributed by atoms with Crippen LogP contribution in [0, 0.1) is 0 Å². The van der Waals surface area contributed by atoms with Crippen molar-refractivity contribution in [3.63, 3.8) is 0 Å². The van der Waals surface area contributed by atoms with Gasteiger partial charge in [0.25, 0.3) is 0 Å². The lowest BCUT2D eigenvalue weighted by atomic mass is 10.1. The fourth-order valence-corrected chi connectivity index (χ4v) is 3.04. The third kappa shape index (κ3) is 3.24. The van der Waals surface area contributed by atoms with Crippen LogP contribution >= 0.6 is 0 Å². The van der Waals surface area contributed by atoms with Crippen LogP contribution in [-0.4, -0.2) is 48.9 Å². The van der Waals surface area contributed by atoms with E-state index >= 15 is 0 Å². The summed E-state index contributed by atoms with van der Waals surface area (Å²) in [6.07, 6.45) is 1.79. The number of rotatable bonds is 4. The number of carbonyl (C=O) groups excluding carboxylic acids is 2. The van der Waals surface area contributed by atoms with E-state index in [1.54, 1.807) is 0 Å². The maximum absolute atomic E-state index is 12.4. The zero-order valence-corrected chi connectivity index (χ0v) is 12.2. The minimum atomic E-state index is -0.00759. The van der Waals surface area contributed by atoms with Crippen molar-refractivity contribution in [3.8, 4) is 5.75 Å². The van der Waals surface area contributed by atoms with Gasteiger partial charge in [-0.1, -0.05) is 0 Å². The summed E-state index contributed by atoms with van der Waals surface area (Å²) in [6, 6.07) is 5.85. The third-order valence-corrected chi connectivity index (χ3v) is 4.06. The van der Waals surface area contributed by atoms with Crippen LogP contribution in [0.5, 0.6) is 5.75 Å². The zero-order chi connectivity index (χ0) is 14.8. The van der Waals surface area contributed by atoms with E-state index in [4.69, 9.17) is 4.74 Å². The normalized spacial score (nSPS) is 20.9. The Balaban J connectivity index is 1.58. The SMILES string of the molecule is CC(=O)NC1CCN(CC(=O)c2ccc3c(c2)CCO3)C1. The maximum Gasteiger partial charge on any atom is 0.217 e. The Labute approximate surface area is 124 Å². The number of nitrogens with zero attached hydrogens (tertiary/aromatic N) is 1. The molecule has 3 rings (SSSR count). The summed E-state index contributed by atoms with van der Waals surface area (Å²) in [4.78, 5) is 25.5. The van der Waals surface area contributed by atoms with Crippen molar-refractivity contribution in [2.24, 2.45) is 0 Å². The first-order valence-electron chi connectivity index (χ1n) is 7.40. The molecule has 0 saturated carbocycles. The molecule has 1 amide bonds. The summed E-state index contributed by atoms with van der Waals surface area (Å²) in [7, 11) is 0. The molecule has 1 fully saturated rings. The van der Waals surface area contributed by atoms with E-state index in [9.17, 15) is 9.59 Å². The molecule has 1 saturated heterocycles. The van der Waals surface area contributed by atoms with E-state index in [0.717, 1.165) is 42.8 Å². The van der Waals surface area contributed by atoms with Crippen LogP contribution < -0.4 is 10.1 Å². The molecule has 112 valence electrons. The first-order chi connectivity index (χ1) is 10.1. The van der Waals surface area contributed by atoms with Crippen molar-refractivity contribution in [1.29, 1.82) is 0 Å². The van der Waals surface area contributed by atoms with Crippen molar-refractivity contribution in [2.45, 2.75) is 25.8 Å². The molecule has 5 nitrogen and oxygen atoms in total. The van der Waals surface area contributed by atoms with Crippen molar-refractivity contribution in [3.05, 3.63) is 29.3 Å². The molecule has 2 aliphatic rings. The lowest BCUT2D eigenvalue weighted by molar-refractivity contribution is -0.119. The number of likely N-dealkylation sites (tertiary alicyclic amines) is 1. The topological polar surface area (TPSA) is 58.6 Å². The average molecular weight is 288 g/mol. The van der Waals surface area contributed by atoms with Crippen molar-refractivity contribution >= 4 is 11.7 Å². The molecule has 1 unspecified atom stereocenters. The molecule has 1 aromatic rings. The Morgan fingerprint density at radius 1 is 1.43 bits per heavy atom. The number of fused-ring (bicyclic) bond motifs is 1. The molecule has 0 bridgehead atoms. The third-order valence-electron chi connectivity index (χ3n) is 4.06. The van der Waals surface area contributed by atoms with Gasteiger partial charge in [-0.15, -0.1) is 0 Å². The van der Waals surface area contributed by atoms with Crippen LogP contribution in [0.1, 0.15) is 29.3 Å². The quantitative estimate of drug-likeness (QED) is 0.840. The van der Waals surface area contributed by atoms with Gasteiger partial charge >= 0.3 is 0 Å². The molecule has 0 aliphatic carbocycles. The van der Waals surface area contributed by atoms with Gasteiger partial charge in [0.2, 0.25) is 5.91 Å². The second kappa shape index (κ2) is 5.85. The molecule has 1 N–H and O–H groups in total. The fourth-order valence-electron chi connectivity index (χ4n) is 3.04. The highest BCUT2D eigenvalue weighted by molar-refractivity contribution is 5.98. The van der Waals surface area contributed by atoms with Gasteiger partial charge in [0, 0.05) is 38.0 Å². The molecule has 0 aromatic heterocycles. The van der Waals surface area contributed by atoms with Gasteiger partial charge in [-0.05, 0) is 30.2 Å². The summed E-state index contributed by atoms with van der Waals surface area (Å²) in [5.41, 5.74) is 1.88. The van der Waals surface area contributed by atoms with Crippen LogP contribution in [0.3, 0.4) is 0 Å². The summed E-state index contributed by atoms with van der Waals surface area (Å²) in [5, 5.41) is 2.91. The standard InChI is InChI=1S/C16H20N2O3/c1-11(19)17-14-4-6-18(9-14)10-15(20)12-2-3-16-13(8-12)5-7-21-16/h2-3,8,14H,4-7,9-10H2,1H3,(H,17,19). The number of hydrogen-bond donors (Lipinski definition) is 1. The predicted molar refractivity (Wildman–Crippen MR) is 78.6 cm³/mol. The fraction of sp³-hybridized carbons (Fsp3) is 0.500. The maximum atomic E-state index is 12.4. The Morgan fingerprint density at radius 3 is 3.10 bits per heavy atom. The van der Waals surface area contributed by atoms with Crippen molar-refractivity contribution in [2.75, 3.05) is 26.2 Å². The molecule has 21 heavy (non-hydrogen) atoms. The molecule has 5 heteroatoms. The van der Waals surface area contributed by atoms with Crippen LogP contribution in [-0.2, 0) is 11.2 Å². The van der Waals surface area contributed by atoms with Gasteiger partial charge in [-0.2, -0.15) is 0 Å². The van der Waals surface area contributed by atoms with E-state index in [1.807, 2.05) is 18.2 Å². The number of carbonyl (C=O) groups is 2. The molecule has 2 aliphatic heterocycles. The molecule has 1 aromatic carbocycles. The van der Waals surface area contributed by atoms with Gasteiger partial charge in [-0.25, -0.2) is 0 Å². The van der Waals surface area contributed by atoms with E-state index in [2.05, 4.69) is 10.2 Å². The van der Waals surface area contributed by atoms with Gasteiger partial charge in [0.05, 0.1) is 13.2 Å². The highest BCUT2D eigenvalue weighted by Gasteiger charge is 2.25. The Morgan fingerprint density at radius 2 is 2.29 bits per heavy atom. The number of hydrogen-bond acceptors (Lipinski definition) is 4. The van der Waals surface area contributed by atoms with Gasteiger partial charge < -0.3 is 10.1 Å². The first-order valence-corrected chi connectivity index (χ1v) is 7.40. The van der Waals surface area contributed by atoms with Gasteiger partial charge in [0.15, 0.2) is 5.78 Å². The minimum Gasteiger partial charge on any atom is -0.493 e. The number of nitrogens with one attached hydrogen (secondary N) is 1. The number of amides is 1. The second-order valence-corrected chi connectivity index (χ2v) is 5.77. The average Bonchev–Trinajstić information content (AvgIpc) is 3.06. The Hall–Kier alpha value is -1.88. The van der Waals surface area contributed by atoms with E-state index in [-0.39, 0.29) is 17.7 Å². The molecule has 0 spiro atoms. The largest absolute Gasteiger partial charge is 0.493 e. The molecular formula is C16H20N2O3. The predicted octanol–water partition coefficient (Wildman–Crippen LogP) is 1.01. The number of benzene rings is 1. The summed E-state index contributed by atoms with van der Waals surface area (Å²) in [5.74, 6) is 1.03. The highest BCUT2D eigenvalue weighted by Crippen LogP contribution is 2.26. The number of ketones is 1. The van der Waals surface area contributed by atoms with E-state index in [0.29, 0.717) is 13.2 Å². The van der Waals surface area contributed by atoms with E-state index in [1.165, 1.54) is 6.92 Å². The highest BCUT2D eigenvalue weighted by atomic mass is 16.5. The second-order valence-electron chi connectivity index (χ2n) is 5.77. The van der Waals surface area contributed by atoms with Gasteiger partial charge in [0.1, 0.15) is 5.75 Å². The Bertz CT molecular complexity index is 571. The number of ether oxygens (including phenoxy) is 1.